The maximum Gasteiger partial charge on any atom is 0.354 e. The van der Waals surface area contributed by atoms with Crippen LogP contribution in [0.4, 0.5) is 0 Å². The van der Waals surface area contributed by atoms with E-state index in [1.54, 1.807) is 42.2 Å². The van der Waals surface area contributed by atoms with Gasteiger partial charge in [0.15, 0.2) is 11.5 Å². The Kier molecular flexibility index (Phi) is 3.36. The van der Waals surface area contributed by atoms with Crippen molar-refractivity contribution in [2.24, 2.45) is 7.05 Å². The van der Waals surface area contributed by atoms with Gasteiger partial charge in [-0.25, -0.2) is 14.2 Å². The summed E-state index contributed by atoms with van der Waals surface area (Å²) in [5.41, 5.74) is -1.84. The first-order chi connectivity index (χ1) is 12.6. The van der Waals surface area contributed by atoms with Crippen LogP contribution >= 0.6 is 0 Å². The molecule has 0 aliphatic carbocycles. The van der Waals surface area contributed by atoms with Crippen molar-refractivity contribution >= 4 is 11.7 Å². The van der Waals surface area contributed by atoms with Crippen LogP contribution in [0, 0.1) is 0 Å². The standard InChI is InChI=1S/C18H20N4O5/c1-17(2)10-27-18(3)21(17)12(13(23)11-8-6-5-7-9-11)14(24)20-15(25)19(4)16(26)22(18)20/h5-9,23H,10H2,1-4H3/b13-12-. The second-order valence-corrected chi connectivity index (χ2v) is 7.49. The van der Waals surface area contributed by atoms with Crippen LogP contribution in [0.15, 0.2) is 45.6 Å². The Morgan fingerprint density at radius 3 is 2.33 bits per heavy atom. The minimum Gasteiger partial charge on any atom is -0.505 e. The van der Waals surface area contributed by atoms with E-state index in [4.69, 9.17) is 4.74 Å². The van der Waals surface area contributed by atoms with E-state index in [1.165, 1.54) is 7.05 Å². The molecule has 1 aromatic carbocycles. The smallest absolute Gasteiger partial charge is 0.354 e. The van der Waals surface area contributed by atoms with Crippen LogP contribution in [0.2, 0.25) is 0 Å². The van der Waals surface area contributed by atoms with Gasteiger partial charge in [0.05, 0.1) is 12.1 Å². The van der Waals surface area contributed by atoms with E-state index in [2.05, 4.69) is 0 Å². The van der Waals surface area contributed by atoms with E-state index in [0.717, 1.165) is 13.9 Å². The van der Waals surface area contributed by atoms with Crippen molar-refractivity contribution in [3.63, 3.8) is 0 Å². The highest BCUT2D eigenvalue weighted by Gasteiger charge is 2.59. The van der Waals surface area contributed by atoms with Crippen LogP contribution in [0.5, 0.6) is 0 Å². The van der Waals surface area contributed by atoms with E-state index in [-0.39, 0.29) is 18.1 Å². The number of aromatic nitrogens is 3. The van der Waals surface area contributed by atoms with Gasteiger partial charge in [0.25, 0.3) is 0 Å². The first-order valence-electron chi connectivity index (χ1n) is 8.50. The van der Waals surface area contributed by atoms with Crippen molar-refractivity contribution in [2.75, 3.05) is 6.61 Å². The summed E-state index contributed by atoms with van der Waals surface area (Å²) < 4.78 is 8.50. The summed E-state index contributed by atoms with van der Waals surface area (Å²) in [6.45, 7) is 5.47. The van der Waals surface area contributed by atoms with Crippen molar-refractivity contribution < 1.29 is 14.6 Å². The highest BCUT2D eigenvalue weighted by Crippen LogP contribution is 2.44. The van der Waals surface area contributed by atoms with E-state index in [9.17, 15) is 19.5 Å². The van der Waals surface area contributed by atoms with Gasteiger partial charge in [-0.05, 0) is 13.8 Å². The molecule has 9 nitrogen and oxygen atoms in total. The molecule has 1 unspecified atom stereocenters. The highest BCUT2D eigenvalue weighted by atomic mass is 16.6. The van der Waals surface area contributed by atoms with Crippen LogP contribution in [0.3, 0.4) is 0 Å². The van der Waals surface area contributed by atoms with E-state index in [1.807, 2.05) is 13.8 Å². The molecule has 2 aliphatic heterocycles. The molecule has 142 valence electrons. The third kappa shape index (κ3) is 2.05. The van der Waals surface area contributed by atoms with Crippen molar-refractivity contribution in [3.8, 4) is 0 Å². The van der Waals surface area contributed by atoms with E-state index < -0.39 is 28.7 Å². The van der Waals surface area contributed by atoms with Gasteiger partial charge in [-0.1, -0.05) is 30.3 Å². The third-order valence-electron chi connectivity index (χ3n) is 5.14. The van der Waals surface area contributed by atoms with Crippen molar-refractivity contribution in [2.45, 2.75) is 32.2 Å². The number of fused-ring (bicyclic) bond motifs is 3. The second kappa shape index (κ2) is 5.23. The summed E-state index contributed by atoms with van der Waals surface area (Å²) in [6.07, 6.45) is 0. The molecule has 0 bridgehead atoms. The first kappa shape index (κ1) is 17.3. The number of carbonyl (C=O) groups excluding carboxylic acids is 1. The summed E-state index contributed by atoms with van der Waals surface area (Å²) in [4.78, 5) is 40.0. The molecule has 1 fully saturated rings. The molecule has 0 saturated carbocycles. The molecule has 1 N–H and O–H groups in total. The fraction of sp³-hybridized carbons (Fsp3) is 0.389. The molecule has 0 amide bonds. The number of allylic oxidation sites excluding steroid dienone is 1. The zero-order valence-corrected chi connectivity index (χ0v) is 15.5. The molecular formula is C18H20N4O5. The number of benzene rings is 1. The van der Waals surface area contributed by atoms with Gasteiger partial charge in [-0.3, -0.25) is 4.79 Å². The Morgan fingerprint density at radius 1 is 1.07 bits per heavy atom. The minimum absolute atomic E-state index is 0.0844. The zero-order chi connectivity index (χ0) is 19.7. The second-order valence-electron chi connectivity index (χ2n) is 7.49. The lowest BCUT2D eigenvalue weighted by molar-refractivity contribution is -0.150. The lowest BCUT2D eigenvalue weighted by Gasteiger charge is -2.45. The van der Waals surface area contributed by atoms with Gasteiger partial charge in [-0.2, -0.15) is 9.36 Å². The summed E-state index contributed by atoms with van der Waals surface area (Å²) in [6, 6.07) is 8.57. The number of aliphatic hydroxyl groups is 1. The van der Waals surface area contributed by atoms with Gasteiger partial charge in [0, 0.05) is 19.5 Å². The topological polar surface area (TPSA) is 98.7 Å². The third-order valence-corrected chi connectivity index (χ3v) is 5.14. The van der Waals surface area contributed by atoms with Crippen LogP contribution in [0.25, 0.3) is 5.76 Å². The molecule has 2 aromatic rings. The number of ether oxygens (including phenoxy) is 1. The van der Waals surface area contributed by atoms with Gasteiger partial charge >= 0.3 is 17.3 Å². The Labute approximate surface area is 154 Å². The van der Waals surface area contributed by atoms with Crippen molar-refractivity contribution in [1.29, 1.82) is 0 Å². The largest absolute Gasteiger partial charge is 0.505 e. The number of aliphatic hydroxyl groups excluding tert-OH is 1. The maximum absolute atomic E-state index is 13.3. The molecule has 27 heavy (non-hydrogen) atoms. The lowest BCUT2D eigenvalue weighted by Crippen LogP contribution is -2.62. The van der Waals surface area contributed by atoms with Crippen molar-refractivity contribution in [3.05, 3.63) is 62.6 Å². The summed E-state index contributed by atoms with van der Waals surface area (Å²) in [5, 5.41) is 11.0. The van der Waals surface area contributed by atoms with Gasteiger partial charge in [0.1, 0.15) is 0 Å². The maximum atomic E-state index is 13.3. The number of nitrogens with zero attached hydrogens (tertiary/aromatic N) is 4. The summed E-state index contributed by atoms with van der Waals surface area (Å²) in [7, 11) is 1.30. The fourth-order valence-corrected chi connectivity index (χ4v) is 3.88. The predicted molar refractivity (Wildman–Crippen MR) is 96.1 cm³/mol. The predicted octanol–water partition coefficient (Wildman–Crippen LogP) is 0.670. The quantitative estimate of drug-likeness (QED) is 0.584. The molecule has 0 radical (unpaired) electrons. The molecule has 1 atom stereocenters. The lowest BCUT2D eigenvalue weighted by atomic mass is 10.0. The van der Waals surface area contributed by atoms with Gasteiger partial charge in [-0.15, -0.1) is 0 Å². The van der Waals surface area contributed by atoms with Crippen LogP contribution in [-0.2, 0) is 17.6 Å². The van der Waals surface area contributed by atoms with Crippen molar-refractivity contribution in [1.82, 2.24) is 18.8 Å². The summed E-state index contributed by atoms with van der Waals surface area (Å²) in [5.74, 6) is -2.50. The Hall–Kier alpha value is -3.07. The van der Waals surface area contributed by atoms with E-state index >= 15 is 0 Å². The van der Waals surface area contributed by atoms with Gasteiger partial charge in [0.2, 0.25) is 5.85 Å². The Morgan fingerprint density at radius 2 is 1.70 bits per heavy atom. The summed E-state index contributed by atoms with van der Waals surface area (Å²) >= 11 is 0. The van der Waals surface area contributed by atoms with Crippen LogP contribution in [-0.4, -0.2) is 42.0 Å². The van der Waals surface area contributed by atoms with E-state index in [0.29, 0.717) is 5.56 Å². The molecule has 1 aromatic heterocycles. The van der Waals surface area contributed by atoms with Crippen LogP contribution < -0.4 is 11.4 Å². The molecule has 9 heteroatoms. The first-order valence-corrected chi connectivity index (χ1v) is 8.50. The number of hydrogen-bond acceptors (Lipinski definition) is 6. The zero-order valence-electron chi connectivity index (χ0n) is 15.5. The molecule has 4 rings (SSSR count). The minimum atomic E-state index is -1.44. The Balaban J connectivity index is 2.13. The SMILES string of the molecule is Cn1c(=O)n2n(c1=O)C1(C)OCC(C)(C)N1/C(=C(\O)c1ccccc1)C2=O. The molecule has 3 heterocycles. The number of rotatable bonds is 1. The normalized spacial score (nSPS) is 25.3. The molecule has 2 aliphatic rings. The van der Waals surface area contributed by atoms with Crippen LogP contribution in [0.1, 0.15) is 31.1 Å². The number of hydrogen-bond donors (Lipinski definition) is 1. The van der Waals surface area contributed by atoms with Gasteiger partial charge < -0.3 is 14.7 Å². The number of carbonyl (C=O) groups is 1. The monoisotopic (exact) mass is 372 g/mol. The molecule has 0 spiro atoms. The molecular weight excluding hydrogens is 352 g/mol. The average molecular weight is 372 g/mol. The average Bonchev–Trinajstić information content (AvgIpc) is 3.03. The highest BCUT2D eigenvalue weighted by molar-refractivity contribution is 6.01. The fourth-order valence-electron chi connectivity index (χ4n) is 3.88. The Bertz CT molecular complexity index is 1110. The molecule has 1 saturated heterocycles.